The first-order valence-corrected chi connectivity index (χ1v) is 9.06. The van der Waals surface area contributed by atoms with Crippen molar-refractivity contribution in [2.24, 2.45) is 0 Å². The van der Waals surface area contributed by atoms with E-state index in [-0.39, 0.29) is 30.4 Å². The van der Waals surface area contributed by atoms with Crippen LogP contribution in [0.5, 0.6) is 5.75 Å². The van der Waals surface area contributed by atoms with Crippen LogP contribution >= 0.6 is 0 Å². The molecule has 140 valence electrons. The molecule has 2 rings (SSSR count). The first kappa shape index (κ1) is 20.0. The molecule has 0 aliphatic carbocycles. The summed E-state index contributed by atoms with van der Waals surface area (Å²) >= 11 is 0. The SMILES string of the molecule is C=Cc1ccc(OCC(O)COC2CCC(C)(C)N(C)C2(C)C)cc1. The maximum atomic E-state index is 10.2. The molecule has 0 spiro atoms. The summed E-state index contributed by atoms with van der Waals surface area (Å²) in [6.45, 7) is 13.2. The van der Waals surface area contributed by atoms with Gasteiger partial charge in [-0.2, -0.15) is 0 Å². The lowest BCUT2D eigenvalue weighted by molar-refractivity contribution is -0.134. The molecule has 1 fully saturated rings. The van der Waals surface area contributed by atoms with Crippen LogP contribution in [0.15, 0.2) is 30.8 Å². The molecular formula is C21H33NO3. The van der Waals surface area contributed by atoms with Gasteiger partial charge >= 0.3 is 0 Å². The van der Waals surface area contributed by atoms with E-state index in [9.17, 15) is 5.11 Å². The van der Waals surface area contributed by atoms with Crippen LogP contribution in [0, 0.1) is 0 Å². The molecule has 1 N–H and O–H groups in total. The highest BCUT2D eigenvalue weighted by atomic mass is 16.5. The lowest BCUT2D eigenvalue weighted by Crippen LogP contribution is -2.63. The standard InChI is InChI=1S/C21H33NO3/c1-7-16-8-10-18(11-9-16)24-14-17(23)15-25-19-12-13-20(2,3)22(6)21(19,4)5/h7-11,17,19,23H,1,12-15H2,2-6H3. The molecule has 0 bridgehead atoms. The fourth-order valence-electron chi connectivity index (χ4n) is 3.46. The molecule has 0 saturated carbocycles. The Balaban J connectivity index is 1.81. The Morgan fingerprint density at radius 1 is 1.24 bits per heavy atom. The molecule has 2 atom stereocenters. The number of likely N-dealkylation sites (tertiary alicyclic amines) is 1. The second kappa shape index (κ2) is 7.90. The molecule has 25 heavy (non-hydrogen) atoms. The van der Waals surface area contributed by atoms with E-state index in [0.29, 0.717) is 0 Å². The molecule has 2 unspecified atom stereocenters. The molecule has 1 saturated heterocycles. The predicted molar refractivity (Wildman–Crippen MR) is 103 cm³/mol. The number of likely N-dealkylation sites (N-methyl/N-ethyl adjacent to an activating group) is 1. The molecule has 1 aliphatic rings. The van der Waals surface area contributed by atoms with Crippen molar-refractivity contribution in [3.8, 4) is 5.75 Å². The lowest BCUT2D eigenvalue weighted by Gasteiger charge is -2.54. The van der Waals surface area contributed by atoms with Gasteiger partial charge < -0.3 is 14.6 Å². The summed E-state index contributed by atoms with van der Waals surface area (Å²) in [4.78, 5) is 2.39. The normalized spacial score (nSPS) is 23.8. The first-order chi connectivity index (χ1) is 11.7. The summed E-state index contributed by atoms with van der Waals surface area (Å²) in [5.74, 6) is 0.740. The number of benzene rings is 1. The molecule has 4 nitrogen and oxygen atoms in total. The van der Waals surface area contributed by atoms with Crippen LogP contribution in [0.25, 0.3) is 6.08 Å². The average molecular weight is 347 g/mol. The van der Waals surface area contributed by atoms with Gasteiger partial charge in [-0.15, -0.1) is 0 Å². The number of piperidine rings is 1. The van der Waals surface area contributed by atoms with Gasteiger partial charge in [0.15, 0.2) is 0 Å². The van der Waals surface area contributed by atoms with Gasteiger partial charge in [-0.3, -0.25) is 4.90 Å². The Morgan fingerprint density at radius 3 is 2.48 bits per heavy atom. The van der Waals surface area contributed by atoms with Crippen LogP contribution in [0.1, 0.15) is 46.1 Å². The van der Waals surface area contributed by atoms with Crippen molar-refractivity contribution in [2.75, 3.05) is 20.3 Å². The van der Waals surface area contributed by atoms with Crippen molar-refractivity contribution < 1.29 is 14.6 Å². The van der Waals surface area contributed by atoms with E-state index >= 15 is 0 Å². The van der Waals surface area contributed by atoms with E-state index in [0.717, 1.165) is 24.2 Å². The quantitative estimate of drug-likeness (QED) is 0.816. The van der Waals surface area contributed by atoms with Crippen LogP contribution in [0.4, 0.5) is 0 Å². The van der Waals surface area contributed by atoms with Crippen molar-refractivity contribution >= 4 is 6.08 Å². The monoisotopic (exact) mass is 347 g/mol. The summed E-state index contributed by atoms with van der Waals surface area (Å²) in [7, 11) is 2.15. The van der Waals surface area contributed by atoms with Crippen molar-refractivity contribution in [3.05, 3.63) is 36.4 Å². The zero-order valence-electron chi connectivity index (χ0n) is 16.3. The summed E-state index contributed by atoms with van der Waals surface area (Å²) in [6.07, 6.45) is 3.33. The van der Waals surface area contributed by atoms with Gasteiger partial charge in [-0.1, -0.05) is 24.8 Å². The average Bonchev–Trinajstić information content (AvgIpc) is 2.58. The maximum absolute atomic E-state index is 10.2. The number of rotatable bonds is 7. The number of nitrogens with zero attached hydrogens (tertiary/aromatic N) is 1. The number of aliphatic hydroxyl groups is 1. The molecule has 0 aromatic heterocycles. The van der Waals surface area contributed by atoms with E-state index in [4.69, 9.17) is 9.47 Å². The maximum Gasteiger partial charge on any atom is 0.119 e. The van der Waals surface area contributed by atoms with E-state index < -0.39 is 6.10 Å². The molecule has 1 aliphatic heterocycles. The molecule has 1 aromatic rings. The number of hydrogen-bond acceptors (Lipinski definition) is 4. The van der Waals surface area contributed by atoms with E-state index in [1.165, 1.54) is 0 Å². The van der Waals surface area contributed by atoms with Gasteiger partial charge in [0, 0.05) is 11.1 Å². The Labute approximate surface area is 152 Å². The topological polar surface area (TPSA) is 41.9 Å². The Morgan fingerprint density at radius 2 is 1.88 bits per heavy atom. The third-order valence-corrected chi connectivity index (χ3v) is 5.63. The molecule has 0 amide bonds. The first-order valence-electron chi connectivity index (χ1n) is 9.06. The highest BCUT2D eigenvalue weighted by molar-refractivity contribution is 5.48. The summed E-state index contributed by atoms with van der Waals surface area (Å²) in [5, 5.41) is 10.2. The van der Waals surface area contributed by atoms with Crippen molar-refractivity contribution in [3.63, 3.8) is 0 Å². The fraction of sp³-hybridized carbons (Fsp3) is 0.619. The third-order valence-electron chi connectivity index (χ3n) is 5.63. The van der Waals surface area contributed by atoms with Gasteiger partial charge in [0.05, 0.1) is 12.7 Å². The minimum Gasteiger partial charge on any atom is -0.491 e. The van der Waals surface area contributed by atoms with Crippen molar-refractivity contribution in [1.29, 1.82) is 0 Å². The highest BCUT2D eigenvalue weighted by Crippen LogP contribution is 2.38. The van der Waals surface area contributed by atoms with E-state index in [2.05, 4.69) is 46.2 Å². The largest absolute Gasteiger partial charge is 0.491 e. The molecule has 0 radical (unpaired) electrons. The Hall–Kier alpha value is -1.36. The predicted octanol–water partition coefficient (Wildman–Crippen LogP) is 3.74. The zero-order valence-corrected chi connectivity index (χ0v) is 16.3. The van der Waals surface area contributed by atoms with Crippen LogP contribution in [-0.4, -0.2) is 53.6 Å². The van der Waals surface area contributed by atoms with Crippen LogP contribution in [0.3, 0.4) is 0 Å². The summed E-state index contributed by atoms with van der Waals surface area (Å²) in [5.41, 5.74) is 1.15. The highest BCUT2D eigenvalue weighted by Gasteiger charge is 2.45. The lowest BCUT2D eigenvalue weighted by atomic mass is 9.78. The van der Waals surface area contributed by atoms with E-state index in [1.54, 1.807) is 6.08 Å². The minimum atomic E-state index is -0.643. The summed E-state index contributed by atoms with van der Waals surface area (Å²) in [6, 6.07) is 7.64. The molecular weight excluding hydrogens is 314 g/mol. The second-order valence-electron chi connectivity index (χ2n) is 8.12. The Bertz CT molecular complexity index is 565. The van der Waals surface area contributed by atoms with Gasteiger partial charge in [0.2, 0.25) is 0 Å². The smallest absolute Gasteiger partial charge is 0.119 e. The van der Waals surface area contributed by atoms with Crippen molar-refractivity contribution in [2.45, 2.75) is 63.8 Å². The van der Waals surface area contributed by atoms with Gasteiger partial charge in [0.25, 0.3) is 0 Å². The fourth-order valence-corrected chi connectivity index (χ4v) is 3.46. The van der Waals surface area contributed by atoms with Crippen LogP contribution in [0.2, 0.25) is 0 Å². The van der Waals surface area contributed by atoms with Gasteiger partial charge in [0.1, 0.15) is 18.5 Å². The molecule has 4 heteroatoms. The second-order valence-corrected chi connectivity index (χ2v) is 8.12. The number of aliphatic hydroxyl groups excluding tert-OH is 1. The minimum absolute atomic E-state index is 0.0666. The summed E-state index contributed by atoms with van der Waals surface area (Å²) < 4.78 is 11.7. The van der Waals surface area contributed by atoms with Crippen LogP contribution in [-0.2, 0) is 4.74 Å². The van der Waals surface area contributed by atoms with Gasteiger partial charge in [-0.05, 0) is 65.3 Å². The molecule has 1 heterocycles. The van der Waals surface area contributed by atoms with Crippen LogP contribution < -0.4 is 4.74 Å². The molecule has 1 aromatic carbocycles. The van der Waals surface area contributed by atoms with Crippen molar-refractivity contribution in [1.82, 2.24) is 4.90 Å². The van der Waals surface area contributed by atoms with E-state index in [1.807, 2.05) is 24.3 Å². The number of ether oxygens (including phenoxy) is 2. The Kier molecular flexibility index (Phi) is 6.30. The van der Waals surface area contributed by atoms with Gasteiger partial charge in [-0.25, -0.2) is 0 Å². The third kappa shape index (κ3) is 4.84. The zero-order chi connectivity index (χ0) is 18.7. The number of hydrogen-bond donors (Lipinski definition) is 1.